The first-order valence-corrected chi connectivity index (χ1v) is 7.68. The minimum absolute atomic E-state index is 0.241. The van der Waals surface area contributed by atoms with Gasteiger partial charge >= 0.3 is 0 Å². The summed E-state index contributed by atoms with van der Waals surface area (Å²) in [7, 11) is 0. The number of thiol groups is 1. The molecular formula is C16H20Cl2FNS. The predicted octanol–water partition coefficient (Wildman–Crippen LogP) is 6.41. The van der Waals surface area contributed by atoms with Gasteiger partial charge in [0.15, 0.2) is 0 Å². The molecule has 0 spiro atoms. The standard InChI is InChI=1S/C7H8FN.C6H4Cl2S.C3H8/c1-5-2-3-6(9)4-7(5)8;7-4-2-1-3-5(8)6(4)9;1-3-2/h2-4H,9H2,1H3;1-3,9H;3H2,1-2H3. The van der Waals surface area contributed by atoms with E-state index in [1.54, 1.807) is 37.3 Å². The molecule has 2 aromatic carbocycles. The summed E-state index contributed by atoms with van der Waals surface area (Å²) < 4.78 is 12.5. The zero-order valence-corrected chi connectivity index (χ0v) is 14.7. The van der Waals surface area contributed by atoms with Crippen molar-refractivity contribution >= 4 is 41.5 Å². The molecule has 1 nitrogen and oxygen atoms in total. The van der Waals surface area contributed by atoms with Gasteiger partial charge in [-0.1, -0.05) is 55.6 Å². The second-order valence-corrected chi connectivity index (χ2v) is 5.55. The van der Waals surface area contributed by atoms with Crippen molar-refractivity contribution < 1.29 is 4.39 Å². The topological polar surface area (TPSA) is 26.0 Å². The Kier molecular flexibility index (Phi) is 10.3. The quantitative estimate of drug-likeness (QED) is 0.417. The van der Waals surface area contributed by atoms with E-state index in [-0.39, 0.29) is 5.82 Å². The van der Waals surface area contributed by atoms with Crippen LogP contribution in [0.4, 0.5) is 10.1 Å². The zero-order valence-electron chi connectivity index (χ0n) is 12.3. The second kappa shape index (κ2) is 10.8. The number of nitrogen functional groups attached to an aromatic ring is 1. The summed E-state index contributed by atoms with van der Waals surface area (Å²) in [6, 6.07) is 9.92. The van der Waals surface area contributed by atoms with Crippen molar-refractivity contribution in [2.75, 3.05) is 5.73 Å². The van der Waals surface area contributed by atoms with Gasteiger partial charge in [0, 0.05) is 10.6 Å². The van der Waals surface area contributed by atoms with E-state index >= 15 is 0 Å². The van der Waals surface area contributed by atoms with Crippen molar-refractivity contribution in [2.24, 2.45) is 0 Å². The number of anilines is 1. The summed E-state index contributed by atoms with van der Waals surface area (Å²) in [5.74, 6) is -0.241. The Morgan fingerprint density at radius 2 is 1.57 bits per heavy atom. The lowest BCUT2D eigenvalue weighted by molar-refractivity contribution is 0.619. The zero-order chi connectivity index (χ0) is 16.4. The van der Waals surface area contributed by atoms with Crippen molar-refractivity contribution in [2.45, 2.75) is 32.1 Å². The van der Waals surface area contributed by atoms with Crippen LogP contribution in [0.25, 0.3) is 0 Å². The Bertz CT molecular complexity index is 542. The van der Waals surface area contributed by atoms with Crippen LogP contribution in [-0.2, 0) is 0 Å². The molecule has 0 amide bonds. The predicted molar refractivity (Wildman–Crippen MR) is 95.2 cm³/mol. The number of hydrogen-bond acceptors (Lipinski definition) is 2. The molecule has 21 heavy (non-hydrogen) atoms. The molecule has 0 unspecified atom stereocenters. The van der Waals surface area contributed by atoms with Crippen LogP contribution in [0.1, 0.15) is 25.8 Å². The highest BCUT2D eigenvalue weighted by molar-refractivity contribution is 7.80. The van der Waals surface area contributed by atoms with Crippen LogP contribution in [-0.4, -0.2) is 0 Å². The number of rotatable bonds is 0. The van der Waals surface area contributed by atoms with Gasteiger partial charge in [0.05, 0.1) is 10.0 Å². The molecule has 2 rings (SSSR count). The lowest BCUT2D eigenvalue weighted by atomic mass is 10.2. The molecule has 0 aliphatic rings. The van der Waals surface area contributed by atoms with Gasteiger partial charge in [-0.05, 0) is 36.8 Å². The number of hydrogen-bond donors (Lipinski definition) is 2. The molecule has 0 heterocycles. The number of nitrogens with two attached hydrogens (primary N) is 1. The Morgan fingerprint density at radius 3 is 1.90 bits per heavy atom. The SMILES string of the molecule is CCC.Cc1ccc(N)cc1F.Sc1c(Cl)cccc1Cl. The third kappa shape index (κ3) is 8.20. The molecule has 0 saturated carbocycles. The van der Waals surface area contributed by atoms with Crippen LogP contribution in [0, 0.1) is 12.7 Å². The number of aryl methyl sites for hydroxylation is 1. The molecule has 0 atom stereocenters. The van der Waals surface area contributed by atoms with E-state index < -0.39 is 0 Å². The van der Waals surface area contributed by atoms with Gasteiger partial charge in [0.1, 0.15) is 5.82 Å². The van der Waals surface area contributed by atoms with Crippen LogP contribution < -0.4 is 5.73 Å². The Labute approximate surface area is 141 Å². The molecule has 0 aliphatic carbocycles. The van der Waals surface area contributed by atoms with Gasteiger partial charge in [0.25, 0.3) is 0 Å². The average Bonchev–Trinajstić information content (AvgIpc) is 2.42. The molecule has 0 aliphatic heterocycles. The highest BCUT2D eigenvalue weighted by atomic mass is 35.5. The summed E-state index contributed by atoms with van der Waals surface area (Å²) in [5, 5.41) is 1.18. The lowest BCUT2D eigenvalue weighted by Crippen LogP contribution is -1.87. The Morgan fingerprint density at radius 1 is 1.10 bits per heavy atom. The molecule has 116 valence electrons. The summed E-state index contributed by atoms with van der Waals surface area (Å²) >= 11 is 15.4. The van der Waals surface area contributed by atoms with Crippen molar-refractivity contribution in [3.8, 4) is 0 Å². The van der Waals surface area contributed by atoms with E-state index in [0.717, 1.165) is 0 Å². The van der Waals surface area contributed by atoms with Crippen molar-refractivity contribution in [1.82, 2.24) is 0 Å². The molecule has 0 fully saturated rings. The van der Waals surface area contributed by atoms with E-state index in [9.17, 15) is 4.39 Å². The van der Waals surface area contributed by atoms with Crippen LogP contribution in [0.5, 0.6) is 0 Å². The Hall–Kier alpha value is -0.900. The summed E-state index contributed by atoms with van der Waals surface area (Å²) in [4.78, 5) is 0.640. The maximum Gasteiger partial charge on any atom is 0.128 e. The summed E-state index contributed by atoms with van der Waals surface area (Å²) in [6.45, 7) is 5.95. The molecule has 2 aromatic rings. The van der Waals surface area contributed by atoms with Crippen molar-refractivity contribution in [3.05, 3.63) is 57.8 Å². The van der Waals surface area contributed by atoms with Crippen molar-refractivity contribution in [1.29, 1.82) is 0 Å². The van der Waals surface area contributed by atoms with Gasteiger partial charge in [-0.3, -0.25) is 0 Å². The lowest BCUT2D eigenvalue weighted by Gasteiger charge is -1.95. The Balaban J connectivity index is 0.000000322. The molecule has 0 bridgehead atoms. The molecular weight excluding hydrogens is 328 g/mol. The number of benzene rings is 2. The first-order chi connectivity index (χ1) is 9.83. The minimum Gasteiger partial charge on any atom is -0.399 e. The third-order valence-corrected chi connectivity index (χ3v) is 3.51. The van der Waals surface area contributed by atoms with Crippen LogP contribution in [0.3, 0.4) is 0 Å². The molecule has 5 heteroatoms. The van der Waals surface area contributed by atoms with Gasteiger partial charge in [-0.2, -0.15) is 0 Å². The van der Waals surface area contributed by atoms with Gasteiger partial charge in [-0.25, -0.2) is 4.39 Å². The highest BCUT2D eigenvalue weighted by Crippen LogP contribution is 2.26. The average molecular weight is 348 g/mol. The fourth-order valence-electron chi connectivity index (χ4n) is 1.10. The van der Waals surface area contributed by atoms with E-state index in [1.807, 2.05) is 0 Å². The number of halogens is 3. The normalized spacial score (nSPS) is 9.10. The van der Waals surface area contributed by atoms with Crippen LogP contribution in [0.2, 0.25) is 10.0 Å². The third-order valence-electron chi connectivity index (χ3n) is 2.13. The minimum atomic E-state index is -0.241. The fourth-order valence-corrected chi connectivity index (χ4v) is 1.64. The summed E-state index contributed by atoms with van der Waals surface area (Å²) in [6.07, 6.45) is 1.25. The van der Waals surface area contributed by atoms with E-state index in [1.165, 1.54) is 12.5 Å². The maximum atomic E-state index is 12.5. The van der Waals surface area contributed by atoms with Gasteiger partial charge < -0.3 is 5.73 Å². The van der Waals surface area contributed by atoms with Crippen LogP contribution >= 0.6 is 35.8 Å². The van der Waals surface area contributed by atoms with Gasteiger partial charge in [-0.15, -0.1) is 12.6 Å². The van der Waals surface area contributed by atoms with E-state index in [0.29, 0.717) is 26.2 Å². The first-order valence-electron chi connectivity index (χ1n) is 6.48. The highest BCUT2D eigenvalue weighted by Gasteiger charge is 1.97. The maximum absolute atomic E-state index is 12.5. The molecule has 0 aromatic heterocycles. The summed E-state index contributed by atoms with van der Waals surface area (Å²) in [5.41, 5.74) is 6.39. The molecule has 2 N–H and O–H groups in total. The van der Waals surface area contributed by atoms with Gasteiger partial charge in [0.2, 0.25) is 0 Å². The smallest absolute Gasteiger partial charge is 0.128 e. The largest absolute Gasteiger partial charge is 0.399 e. The molecule has 0 radical (unpaired) electrons. The monoisotopic (exact) mass is 347 g/mol. The van der Waals surface area contributed by atoms with E-state index in [2.05, 4.69) is 26.5 Å². The second-order valence-electron chi connectivity index (χ2n) is 4.29. The first kappa shape index (κ1) is 20.1. The van der Waals surface area contributed by atoms with Crippen LogP contribution in [0.15, 0.2) is 41.3 Å². The van der Waals surface area contributed by atoms with E-state index in [4.69, 9.17) is 28.9 Å². The fraction of sp³-hybridized carbons (Fsp3) is 0.250. The molecule has 0 saturated heterocycles. The van der Waals surface area contributed by atoms with Crippen molar-refractivity contribution in [3.63, 3.8) is 0 Å².